The highest BCUT2D eigenvalue weighted by atomic mass is 79.9. The first-order valence-electron chi connectivity index (χ1n) is 5.58. The fourth-order valence-corrected chi connectivity index (χ4v) is 4.01. The van der Waals surface area contributed by atoms with E-state index >= 15 is 0 Å². The summed E-state index contributed by atoms with van der Waals surface area (Å²) in [4.78, 5) is 0.168. The maximum absolute atomic E-state index is 13.1. The summed E-state index contributed by atoms with van der Waals surface area (Å²) >= 11 is 6.27. The van der Waals surface area contributed by atoms with Crippen molar-refractivity contribution in [3.63, 3.8) is 0 Å². The van der Waals surface area contributed by atoms with Gasteiger partial charge in [0.15, 0.2) is 0 Å². The van der Waals surface area contributed by atoms with Crippen LogP contribution in [0.1, 0.15) is 5.56 Å². The van der Waals surface area contributed by atoms with Crippen molar-refractivity contribution in [2.24, 2.45) is 0 Å². The molecule has 0 aromatic heterocycles. The molecule has 1 N–H and O–H groups in total. The average Bonchev–Trinajstić information content (AvgIpc) is 2.40. The molecule has 0 saturated heterocycles. The number of rotatable bonds is 4. The van der Waals surface area contributed by atoms with Crippen LogP contribution in [0.4, 0.5) is 4.39 Å². The highest BCUT2D eigenvalue weighted by Gasteiger charge is 2.16. The molecule has 0 heterocycles. The van der Waals surface area contributed by atoms with E-state index < -0.39 is 10.0 Å². The Kier molecular flexibility index (Phi) is 4.95. The van der Waals surface area contributed by atoms with Crippen LogP contribution in [-0.2, 0) is 16.6 Å². The van der Waals surface area contributed by atoms with Gasteiger partial charge in [-0.3, -0.25) is 0 Å². The Balaban J connectivity index is 2.17. The molecule has 0 saturated carbocycles. The molecule has 106 valence electrons. The van der Waals surface area contributed by atoms with Crippen LogP contribution < -0.4 is 4.72 Å². The lowest BCUT2D eigenvalue weighted by atomic mass is 10.2. The van der Waals surface area contributed by atoms with Crippen LogP contribution in [-0.4, -0.2) is 8.42 Å². The Bertz CT molecular complexity index is 735. The van der Waals surface area contributed by atoms with Crippen molar-refractivity contribution < 1.29 is 12.8 Å². The molecule has 0 atom stereocenters. The van der Waals surface area contributed by atoms with Gasteiger partial charge in [0, 0.05) is 11.0 Å². The van der Waals surface area contributed by atoms with Gasteiger partial charge in [0.1, 0.15) is 5.82 Å². The molecular weight excluding hydrogens is 413 g/mol. The summed E-state index contributed by atoms with van der Waals surface area (Å²) in [5, 5.41) is 0. The quantitative estimate of drug-likeness (QED) is 0.813. The third-order valence-electron chi connectivity index (χ3n) is 2.58. The largest absolute Gasteiger partial charge is 0.241 e. The molecule has 0 amide bonds. The fourth-order valence-electron chi connectivity index (χ4n) is 1.57. The minimum Gasteiger partial charge on any atom is -0.207 e. The molecule has 20 heavy (non-hydrogen) atoms. The van der Waals surface area contributed by atoms with Crippen LogP contribution in [0, 0.1) is 5.82 Å². The Labute approximate surface area is 133 Å². The van der Waals surface area contributed by atoms with Crippen molar-refractivity contribution in [3.8, 4) is 0 Å². The molecule has 0 aliphatic carbocycles. The number of hydrogen-bond donors (Lipinski definition) is 1. The first-order chi connectivity index (χ1) is 9.40. The van der Waals surface area contributed by atoms with E-state index in [1.807, 2.05) is 0 Å². The summed E-state index contributed by atoms with van der Waals surface area (Å²) in [6.45, 7) is 0.0859. The minimum absolute atomic E-state index is 0.0859. The first kappa shape index (κ1) is 15.6. The number of hydrogen-bond acceptors (Lipinski definition) is 2. The van der Waals surface area contributed by atoms with Gasteiger partial charge in [-0.05, 0) is 61.7 Å². The Hall–Kier alpha value is -0.760. The van der Waals surface area contributed by atoms with Crippen molar-refractivity contribution in [3.05, 3.63) is 62.8 Å². The molecular formula is C13H10Br2FNO2S. The van der Waals surface area contributed by atoms with Gasteiger partial charge in [0.25, 0.3) is 0 Å². The monoisotopic (exact) mass is 421 g/mol. The van der Waals surface area contributed by atoms with Crippen molar-refractivity contribution in [2.75, 3.05) is 0 Å². The smallest absolute Gasteiger partial charge is 0.207 e. The Morgan fingerprint density at radius 2 is 1.75 bits per heavy atom. The summed E-state index contributed by atoms with van der Waals surface area (Å²) in [6.07, 6.45) is 0. The van der Waals surface area contributed by atoms with Crippen molar-refractivity contribution in [2.45, 2.75) is 11.4 Å². The predicted octanol–water partition coefficient (Wildman–Crippen LogP) is 3.83. The van der Waals surface area contributed by atoms with Crippen LogP contribution in [0.15, 0.2) is 56.3 Å². The third kappa shape index (κ3) is 3.66. The van der Waals surface area contributed by atoms with E-state index in [9.17, 15) is 12.8 Å². The van der Waals surface area contributed by atoms with E-state index in [2.05, 4.69) is 36.6 Å². The van der Waals surface area contributed by atoms with Crippen molar-refractivity contribution >= 4 is 41.9 Å². The zero-order chi connectivity index (χ0) is 14.8. The van der Waals surface area contributed by atoms with E-state index in [1.165, 1.54) is 24.3 Å². The summed E-state index contributed by atoms with van der Waals surface area (Å²) < 4.78 is 40.7. The topological polar surface area (TPSA) is 46.2 Å². The standard InChI is InChI=1S/C13H10Br2FNO2S/c14-10-3-1-2-4-13(10)20(18,19)17-8-9-5-6-12(16)11(15)7-9/h1-7,17H,8H2. The van der Waals surface area contributed by atoms with E-state index in [0.29, 0.717) is 14.5 Å². The van der Waals surface area contributed by atoms with Gasteiger partial charge in [0.05, 0.1) is 9.37 Å². The van der Waals surface area contributed by atoms with Gasteiger partial charge in [-0.1, -0.05) is 18.2 Å². The molecule has 2 aromatic rings. The molecule has 0 unspecified atom stereocenters. The molecule has 0 aliphatic heterocycles. The summed E-state index contributed by atoms with van der Waals surface area (Å²) in [7, 11) is -3.62. The highest BCUT2D eigenvalue weighted by Crippen LogP contribution is 2.21. The molecule has 0 aliphatic rings. The van der Waals surface area contributed by atoms with Crippen LogP contribution in [0.3, 0.4) is 0 Å². The molecule has 0 radical (unpaired) electrons. The predicted molar refractivity (Wildman–Crippen MR) is 82.3 cm³/mol. The average molecular weight is 423 g/mol. The lowest BCUT2D eigenvalue weighted by Crippen LogP contribution is -2.23. The molecule has 3 nitrogen and oxygen atoms in total. The Morgan fingerprint density at radius 3 is 2.40 bits per heavy atom. The SMILES string of the molecule is O=S(=O)(NCc1ccc(F)c(Br)c1)c1ccccc1Br. The highest BCUT2D eigenvalue weighted by molar-refractivity contribution is 9.10. The van der Waals surface area contributed by atoms with Gasteiger partial charge in [0.2, 0.25) is 10.0 Å². The molecule has 7 heteroatoms. The Morgan fingerprint density at radius 1 is 1.05 bits per heavy atom. The summed E-state index contributed by atoms with van der Waals surface area (Å²) in [5.74, 6) is -0.387. The van der Waals surface area contributed by atoms with Crippen LogP contribution in [0.5, 0.6) is 0 Å². The zero-order valence-electron chi connectivity index (χ0n) is 10.1. The fraction of sp³-hybridized carbons (Fsp3) is 0.0769. The molecule has 2 aromatic carbocycles. The van der Waals surface area contributed by atoms with Crippen LogP contribution >= 0.6 is 31.9 Å². The zero-order valence-corrected chi connectivity index (χ0v) is 14.1. The van der Waals surface area contributed by atoms with Gasteiger partial charge in [-0.2, -0.15) is 0 Å². The van der Waals surface area contributed by atoms with Gasteiger partial charge >= 0.3 is 0 Å². The van der Waals surface area contributed by atoms with E-state index in [0.717, 1.165) is 0 Å². The maximum atomic E-state index is 13.1. The van der Waals surface area contributed by atoms with Crippen LogP contribution in [0.25, 0.3) is 0 Å². The maximum Gasteiger partial charge on any atom is 0.241 e. The summed E-state index contributed by atoms with van der Waals surface area (Å²) in [6, 6.07) is 10.9. The first-order valence-corrected chi connectivity index (χ1v) is 8.65. The van der Waals surface area contributed by atoms with E-state index in [4.69, 9.17) is 0 Å². The second kappa shape index (κ2) is 6.34. The van der Waals surface area contributed by atoms with Crippen LogP contribution in [0.2, 0.25) is 0 Å². The molecule has 0 bridgehead atoms. The lowest BCUT2D eigenvalue weighted by Gasteiger charge is -2.09. The lowest BCUT2D eigenvalue weighted by molar-refractivity contribution is 0.580. The number of halogens is 3. The number of sulfonamides is 1. The molecule has 0 fully saturated rings. The van der Waals surface area contributed by atoms with Gasteiger partial charge in [-0.15, -0.1) is 0 Å². The minimum atomic E-state index is -3.62. The molecule has 0 spiro atoms. The second-order valence-electron chi connectivity index (χ2n) is 4.00. The van der Waals surface area contributed by atoms with Crippen molar-refractivity contribution in [1.29, 1.82) is 0 Å². The van der Waals surface area contributed by atoms with Gasteiger partial charge in [-0.25, -0.2) is 17.5 Å². The van der Waals surface area contributed by atoms with Gasteiger partial charge < -0.3 is 0 Å². The summed E-state index contributed by atoms with van der Waals surface area (Å²) in [5.41, 5.74) is 0.661. The van der Waals surface area contributed by atoms with E-state index in [-0.39, 0.29) is 17.3 Å². The second-order valence-corrected chi connectivity index (χ2v) is 7.45. The number of benzene rings is 2. The third-order valence-corrected chi connectivity index (χ3v) is 5.60. The van der Waals surface area contributed by atoms with E-state index in [1.54, 1.807) is 18.2 Å². The normalized spacial score (nSPS) is 11.6. The number of nitrogens with one attached hydrogen (secondary N) is 1. The molecule has 2 rings (SSSR count). The van der Waals surface area contributed by atoms with Crippen molar-refractivity contribution in [1.82, 2.24) is 4.72 Å².